The molecule has 0 aliphatic heterocycles. The van der Waals surface area contributed by atoms with E-state index in [0.717, 1.165) is 29.9 Å². The van der Waals surface area contributed by atoms with Crippen LogP contribution in [0.5, 0.6) is 11.5 Å². The third-order valence-corrected chi connectivity index (χ3v) is 4.20. The fraction of sp³-hybridized carbons (Fsp3) is 0.353. The van der Waals surface area contributed by atoms with Crippen LogP contribution < -0.4 is 15.2 Å². The second kappa shape index (κ2) is 5.74. The van der Waals surface area contributed by atoms with Crippen LogP contribution in [0.2, 0.25) is 0 Å². The molecular weight excluding hydrogens is 264 g/mol. The van der Waals surface area contributed by atoms with E-state index in [0.29, 0.717) is 12.5 Å². The van der Waals surface area contributed by atoms with Crippen LogP contribution in [0.15, 0.2) is 30.5 Å². The molecule has 21 heavy (non-hydrogen) atoms. The molecule has 1 aliphatic carbocycles. The summed E-state index contributed by atoms with van der Waals surface area (Å²) in [5.74, 6) is 1.76. The van der Waals surface area contributed by atoms with Gasteiger partial charge >= 0.3 is 0 Å². The van der Waals surface area contributed by atoms with Gasteiger partial charge in [0.25, 0.3) is 0 Å². The molecule has 1 unspecified atom stereocenters. The van der Waals surface area contributed by atoms with E-state index in [1.807, 2.05) is 18.3 Å². The molecule has 3 rings (SSSR count). The van der Waals surface area contributed by atoms with Crippen LogP contribution in [0, 0.1) is 0 Å². The molecule has 1 atom stereocenters. The zero-order valence-corrected chi connectivity index (χ0v) is 12.4. The second-order valence-electron chi connectivity index (χ2n) is 5.25. The highest BCUT2D eigenvalue weighted by atomic mass is 16.5. The quantitative estimate of drug-likeness (QED) is 0.937. The Kier molecular flexibility index (Phi) is 3.80. The van der Waals surface area contributed by atoms with Crippen LogP contribution in [0.3, 0.4) is 0 Å². The van der Waals surface area contributed by atoms with Crippen LogP contribution in [0.25, 0.3) is 0 Å². The third-order valence-electron chi connectivity index (χ3n) is 4.20. The lowest BCUT2D eigenvalue weighted by molar-refractivity contribution is 0.354. The molecular formula is C17H20N2O2. The normalized spacial score (nSPS) is 16.6. The highest BCUT2D eigenvalue weighted by molar-refractivity contribution is 5.51. The fourth-order valence-corrected chi connectivity index (χ4v) is 3.15. The summed E-state index contributed by atoms with van der Waals surface area (Å²) in [6, 6.07) is 8.19. The Labute approximate surface area is 124 Å². The van der Waals surface area contributed by atoms with Gasteiger partial charge in [-0.15, -0.1) is 0 Å². The summed E-state index contributed by atoms with van der Waals surface area (Å²) >= 11 is 0. The zero-order valence-electron chi connectivity index (χ0n) is 12.4. The monoisotopic (exact) mass is 284 g/mol. The van der Waals surface area contributed by atoms with Gasteiger partial charge in [0, 0.05) is 18.7 Å². The first-order valence-electron chi connectivity index (χ1n) is 7.17. The van der Waals surface area contributed by atoms with Crippen molar-refractivity contribution in [3.8, 4) is 11.5 Å². The molecule has 1 aromatic heterocycles. The minimum Gasteiger partial charge on any atom is -0.493 e. The summed E-state index contributed by atoms with van der Waals surface area (Å²) in [5, 5.41) is 0. The van der Waals surface area contributed by atoms with Gasteiger partial charge in [-0.05, 0) is 47.7 Å². The van der Waals surface area contributed by atoms with Gasteiger partial charge in [0.15, 0.2) is 11.5 Å². The first-order valence-corrected chi connectivity index (χ1v) is 7.17. The van der Waals surface area contributed by atoms with Crippen molar-refractivity contribution < 1.29 is 9.47 Å². The van der Waals surface area contributed by atoms with E-state index in [1.54, 1.807) is 14.2 Å². The molecule has 1 aliphatic rings. The van der Waals surface area contributed by atoms with E-state index < -0.39 is 0 Å². The number of methoxy groups -OCH3 is 2. The molecule has 0 saturated carbocycles. The van der Waals surface area contributed by atoms with Gasteiger partial charge in [0.1, 0.15) is 0 Å². The van der Waals surface area contributed by atoms with E-state index in [9.17, 15) is 0 Å². The molecule has 0 fully saturated rings. The van der Waals surface area contributed by atoms with Crippen molar-refractivity contribution in [3.05, 3.63) is 52.8 Å². The van der Waals surface area contributed by atoms with Crippen molar-refractivity contribution in [1.82, 2.24) is 4.98 Å². The molecule has 0 radical (unpaired) electrons. The first kappa shape index (κ1) is 13.9. The van der Waals surface area contributed by atoms with Gasteiger partial charge in [-0.3, -0.25) is 4.98 Å². The molecule has 110 valence electrons. The maximum atomic E-state index is 5.94. The Hall–Kier alpha value is -2.07. The van der Waals surface area contributed by atoms with Gasteiger partial charge in [0.2, 0.25) is 0 Å². The van der Waals surface area contributed by atoms with Crippen molar-refractivity contribution in [2.75, 3.05) is 14.2 Å². The van der Waals surface area contributed by atoms with E-state index in [-0.39, 0.29) is 0 Å². The molecule has 4 nitrogen and oxygen atoms in total. The van der Waals surface area contributed by atoms with Crippen molar-refractivity contribution in [2.24, 2.45) is 5.73 Å². The molecule has 1 heterocycles. The highest BCUT2D eigenvalue weighted by Crippen LogP contribution is 2.41. The lowest BCUT2D eigenvalue weighted by Gasteiger charge is -2.18. The molecule has 0 bridgehead atoms. The molecule has 2 aromatic rings. The summed E-state index contributed by atoms with van der Waals surface area (Å²) in [5.41, 5.74) is 10.7. The maximum Gasteiger partial charge on any atom is 0.161 e. The topological polar surface area (TPSA) is 57.4 Å². The summed E-state index contributed by atoms with van der Waals surface area (Å²) in [6.45, 7) is 0.481. The number of nitrogens with zero attached hydrogens (tertiary/aromatic N) is 1. The number of hydrogen-bond donors (Lipinski definition) is 1. The van der Waals surface area contributed by atoms with Gasteiger partial charge < -0.3 is 15.2 Å². The molecule has 0 amide bonds. The largest absolute Gasteiger partial charge is 0.493 e. The van der Waals surface area contributed by atoms with Crippen molar-refractivity contribution in [3.63, 3.8) is 0 Å². The Balaban J connectivity index is 2.10. The van der Waals surface area contributed by atoms with Crippen LogP contribution in [0.1, 0.15) is 34.7 Å². The fourth-order valence-electron chi connectivity index (χ4n) is 3.15. The SMILES string of the molecule is COc1cc(CN)c(C2CCc3cccnc32)cc1OC. The van der Waals surface area contributed by atoms with Gasteiger partial charge in [-0.1, -0.05) is 6.07 Å². The smallest absolute Gasteiger partial charge is 0.161 e. The molecule has 2 N–H and O–H groups in total. The number of hydrogen-bond acceptors (Lipinski definition) is 4. The van der Waals surface area contributed by atoms with E-state index in [2.05, 4.69) is 17.1 Å². The summed E-state index contributed by atoms with van der Waals surface area (Å²) in [6.07, 6.45) is 3.99. The lowest BCUT2D eigenvalue weighted by Crippen LogP contribution is -2.08. The van der Waals surface area contributed by atoms with Crippen LogP contribution in [0.4, 0.5) is 0 Å². The predicted molar refractivity (Wildman–Crippen MR) is 81.8 cm³/mol. The maximum absolute atomic E-state index is 5.94. The Morgan fingerprint density at radius 3 is 2.71 bits per heavy atom. The Morgan fingerprint density at radius 2 is 2.00 bits per heavy atom. The Bertz CT molecular complexity index is 655. The van der Waals surface area contributed by atoms with Crippen molar-refractivity contribution >= 4 is 0 Å². The zero-order chi connectivity index (χ0) is 14.8. The number of ether oxygens (including phenoxy) is 2. The number of benzene rings is 1. The van der Waals surface area contributed by atoms with Gasteiger partial charge in [0.05, 0.1) is 19.9 Å². The lowest BCUT2D eigenvalue weighted by atomic mass is 9.91. The summed E-state index contributed by atoms with van der Waals surface area (Å²) < 4.78 is 10.8. The van der Waals surface area contributed by atoms with E-state index in [4.69, 9.17) is 15.2 Å². The molecule has 0 spiro atoms. The van der Waals surface area contributed by atoms with Crippen LogP contribution in [-0.4, -0.2) is 19.2 Å². The summed E-state index contributed by atoms with van der Waals surface area (Å²) in [7, 11) is 3.30. The summed E-state index contributed by atoms with van der Waals surface area (Å²) in [4.78, 5) is 4.58. The average molecular weight is 284 g/mol. The van der Waals surface area contributed by atoms with Crippen LogP contribution in [-0.2, 0) is 13.0 Å². The van der Waals surface area contributed by atoms with Crippen LogP contribution >= 0.6 is 0 Å². The minimum atomic E-state index is 0.291. The number of aryl methyl sites for hydroxylation is 1. The van der Waals surface area contributed by atoms with E-state index >= 15 is 0 Å². The predicted octanol–water partition coefficient (Wildman–Crippen LogP) is 2.64. The number of nitrogens with two attached hydrogens (primary N) is 1. The third kappa shape index (κ3) is 2.36. The number of fused-ring (bicyclic) bond motifs is 1. The number of rotatable bonds is 4. The minimum absolute atomic E-state index is 0.291. The molecule has 4 heteroatoms. The standard InChI is InChI=1S/C17H20N2O2/c1-20-15-8-12(10-18)14(9-16(15)21-2)13-6-5-11-4-3-7-19-17(11)13/h3-4,7-9,13H,5-6,10,18H2,1-2H3. The van der Waals surface area contributed by atoms with Crippen molar-refractivity contribution in [2.45, 2.75) is 25.3 Å². The van der Waals surface area contributed by atoms with Crippen molar-refractivity contribution in [1.29, 1.82) is 0 Å². The first-order chi connectivity index (χ1) is 10.3. The van der Waals surface area contributed by atoms with Gasteiger partial charge in [-0.2, -0.15) is 0 Å². The molecule has 0 saturated heterocycles. The average Bonchev–Trinajstić information content (AvgIpc) is 2.97. The number of aromatic nitrogens is 1. The van der Waals surface area contributed by atoms with Gasteiger partial charge in [-0.25, -0.2) is 0 Å². The van der Waals surface area contributed by atoms with E-state index in [1.165, 1.54) is 16.8 Å². The highest BCUT2D eigenvalue weighted by Gasteiger charge is 2.27. The number of pyridine rings is 1. The Morgan fingerprint density at radius 1 is 1.24 bits per heavy atom. The molecule has 1 aromatic carbocycles. The second-order valence-corrected chi connectivity index (χ2v) is 5.25.